The highest BCUT2D eigenvalue weighted by molar-refractivity contribution is 8.06. The molecule has 0 saturated carbocycles. The maximum Gasteiger partial charge on any atom is 0.127 e. The number of aryl methyl sites for hydroxylation is 2. The van der Waals surface area contributed by atoms with E-state index in [1.54, 1.807) is 11.8 Å². The Kier molecular flexibility index (Phi) is 3.10. The van der Waals surface area contributed by atoms with Gasteiger partial charge in [0, 0.05) is 10.5 Å². The first-order valence-corrected chi connectivity index (χ1v) is 6.23. The van der Waals surface area contributed by atoms with Crippen LogP contribution in [0.1, 0.15) is 23.6 Å². The summed E-state index contributed by atoms with van der Waals surface area (Å²) < 4.78 is 5.77. The Hall–Kier alpha value is -1.15. The highest BCUT2D eigenvalue weighted by Crippen LogP contribution is 2.38. The number of fused-ring (bicyclic) bond motifs is 1. The Morgan fingerprint density at radius 2 is 1.94 bits per heavy atom. The standard InChI is InChI=1S/C14H16OS/c1-5-16-14-8-15-13-7-10(3)9(2)6-12(13)11(14)4/h5-7H,1,8H2,2-4H3. The molecule has 1 aromatic carbocycles. The summed E-state index contributed by atoms with van der Waals surface area (Å²) >= 11 is 1.65. The molecule has 0 bridgehead atoms. The van der Waals surface area contributed by atoms with Crippen LogP contribution in [0, 0.1) is 13.8 Å². The first kappa shape index (κ1) is 11.3. The Labute approximate surface area is 101 Å². The summed E-state index contributed by atoms with van der Waals surface area (Å²) in [5.74, 6) is 1.01. The van der Waals surface area contributed by atoms with Gasteiger partial charge in [0.05, 0.1) is 0 Å². The van der Waals surface area contributed by atoms with E-state index in [4.69, 9.17) is 4.74 Å². The van der Waals surface area contributed by atoms with Gasteiger partial charge in [0.15, 0.2) is 0 Å². The van der Waals surface area contributed by atoms with E-state index in [2.05, 4.69) is 39.5 Å². The zero-order chi connectivity index (χ0) is 11.7. The molecule has 0 aliphatic carbocycles. The molecule has 0 spiro atoms. The SMILES string of the molecule is C=CSC1=C(C)c2cc(C)c(C)cc2OC1. The molecule has 0 fully saturated rings. The van der Waals surface area contributed by atoms with Gasteiger partial charge in [-0.2, -0.15) is 0 Å². The van der Waals surface area contributed by atoms with Crippen LogP contribution in [-0.4, -0.2) is 6.61 Å². The van der Waals surface area contributed by atoms with Crippen LogP contribution in [-0.2, 0) is 0 Å². The zero-order valence-corrected chi connectivity index (χ0v) is 10.8. The number of thioether (sulfide) groups is 1. The van der Waals surface area contributed by atoms with E-state index in [9.17, 15) is 0 Å². The van der Waals surface area contributed by atoms with Crippen molar-refractivity contribution >= 4 is 17.3 Å². The molecule has 1 heterocycles. The highest BCUT2D eigenvalue weighted by Gasteiger charge is 2.17. The van der Waals surface area contributed by atoms with Crippen LogP contribution in [0.2, 0.25) is 0 Å². The van der Waals surface area contributed by atoms with Crippen molar-refractivity contribution in [1.82, 2.24) is 0 Å². The molecule has 1 aliphatic rings. The molecule has 0 atom stereocenters. The number of hydrogen-bond acceptors (Lipinski definition) is 2. The number of rotatable bonds is 2. The van der Waals surface area contributed by atoms with E-state index >= 15 is 0 Å². The minimum absolute atomic E-state index is 0.665. The van der Waals surface area contributed by atoms with Gasteiger partial charge in [-0.1, -0.05) is 18.3 Å². The molecule has 84 valence electrons. The average Bonchev–Trinajstić information content (AvgIpc) is 2.26. The maximum absolute atomic E-state index is 5.77. The van der Waals surface area contributed by atoms with Crippen molar-refractivity contribution in [2.45, 2.75) is 20.8 Å². The molecule has 1 aliphatic heterocycles. The second-order valence-corrected chi connectivity index (χ2v) is 5.12. The molecule has 1 nitrogen and oxygen atoms in total. The Morgan fingerprint density at radius 1 is 1.25 bits per heavy atom. The van der Waals surface area contributed by atoms with Crippen LogP contribution in [0.4, 0.5) is 0 Å². The minimum atomic E-state index is 0.665. The molecule has 2 heteroatoms. The number of hydrogen-bond donors (Lipinski definition) is 0. The van der Waals surface area contributed by atoms with Crippen molar-refractivity contribution < 1.29 is 4.74 Å². The fourth-order valence-electron chi connectivity index (χ4n) is 1.83. The molecule has 0 aromatic heterocycles. The molecular formula is C14H16OS. The summed E-state index contributed by atoms with van der Waals surface area (Å²) in [6, 6.07) is 4.34. The Bertz CT molecular complexity index is 472. The molecule has 0 N–H and O–H groups in total. The van der Waals surface area contributed by atoms with Gasteiger partial charge in [0.2, 0.25) is 0 Å². The van der Waals surface area contributed by atoms with E-state index < -0.39 is 0 Å². The predicted octanol–water partition coefficient (Wildman–Crippen LogP) is 4.30. The number of benzene rings is 1. The fourth-order valence-corrected chi connectivity index (χ4v) is 2.44. The molecule has 0 saturated heterocycles. The monoisotopic (exact) mass is 232 g/mol. The van der Waals surface area contributed by atoms with Gasteiger partial charge in [0.25, 0.3) is 0 Å². The summed E-state index contributed by atoms with van der Waals surface area (Å²) in [4.78, 5) is 1.26. The predicted molar refractivity (Wildman–Crippen MR) is 71.8 cm³/mol. The molecule has 0 amide bonds. The van der Waals surface area contributed by atoms with Gasteiger partial charge < -0.3 is 4.74 Å². The Morgan fingerprint density at radius 3 is 2.62 bits per heavy atom. The van der Waals surface area contributed by atoms with E-state index in [0.717, 1.165) is 5.75 Å². The third kappa shape index (κ3) is 1.90. The molecule has 0 unspecified atom stereocenters. The molecule has 16 heavy (non-hydrogen) atoms. The number of ether oxygens (including phenoxy) is 1. The third-order valence-electron chi connectivity index (χ3n) is 3.00. The van der Waals surface area contributed by atoms with E-state index in [0.29, 0.717) is 6.61 Å². The third-order valence-corrected chi connectivity index (χ3v) is 3.88. The highest BCUT2D eigenvalue weighted by atomic mass is 32.2. The van der Waals surface area contributed by atoms with Crippen molar-refractivity contribution in [2.24, 2.45) is 0 Å². The van der Waals surface area contributed by atoms with Gasteiger partial charge in [-0.05, 0) is 55.0 Å². The fraction of sp³-hybridized carbons (Fsp3) is 0.286. The molecular weight excluding hydrogens is 216 g/mol. The van der Waals surface area contributed by atoms with E-state index in [-0.39, 0.29) is 0 Å². The average molecular weight is 232 g/mol. The van der Waals surface area contributed by atoms with Crippen molar-refractivity contribution in [3.8, 4) is 5.75 Å². The quantitative estimate of drug-likeness (QED) is 0.751. The van der Waals surface area contributed by atoms with Crippen molar-refractivity contribution in [2.75, 3.05) is 6.61 Å². The second-order valence-electron chi connectivity index (χ2n) is 4.05. The van der Waals surface area contributed by atoms with Gasteiger partial charge in [-0.3, -0.25) is 0 Å². The van der Waals surface area contributed by atoms with E-state index in [1.165, 1.54) is 27.2 Å². The lowest BCUT2D eigenvalue weighted by Gasteiger charge is -2.22. The van der Waals surface area contributed by atoms with E-state index in [1.807, 2.05) is 5.41 Å². The lowest BCUT2D eigenvalue weighted by Crippen LogP contribution is -2.08. The van der Waals surface area contributed by atoms with Crippen molar-refractivity contribution in [1.29, 1.82) is 0 Å². The first-order valence-electron chi connectivity index (χ1n) is 5.35. The summed E-state index contributed by atoms with van der Waals surface area (Å²) in [5, 5.41) is 1.86. The van der Waals surface area contributed by atoms with Gasteiger partial charge >= 0.3 is 0 Å². The second kappa shape index (κ2) is 4.38. The van der Waals surface area contributed by atoms with Crippen LogP contribution in [0.25, 0.3) is 5.57 Å². The molecule has 0 radical (unpaired) electrons. The van der Waals surface area contributed by atoms with Crippen LogP contribution in [0.15, 0.2) is 29.0 Å². The lowest BCUT2D eigenvalue weighted by molar-refractivity contribution is 0.354. The summed E-state index contributed by atoms with van der Waals surface area (Å²) in [7, 11) is 0. The first-order chi connectivity index (χ1) is 7.63. The number of allylic oxidation sites excluding steroid dienone is 1. The molecule has 1 aromatic rings. The maximum atomic E-state index is 5.77. The minimum Gasteiger partial charge on any atom is -0.488 e. The van der Waals surface area contributed by atoms with Crippen molar-refractivity contribution in [3.05, 3.63) is 45.7 Å². The van der Waals surface area contributed by atoms with Gasteiger partial charge in [0.1, 0.15) is 12.4 Å². The summed E-state index contributed by atoms with van der Waals surface area (Å²) in [5.41, 5.74) is 5.13. The lowest BCUT2D eigenvalue weighted by atomic mass is 9.98. The summed E-state index contributed by atoms with van der Waals surface area (Å²) in [6.45, 7) is 10.8. The summed E-state index contributed by atoms with van der Waals surface area (Å²) in [6.07, 6.45) is 0. The molecule has 2 rings (SSSR count). The zero-order valence-electron chi connectivity index (χ0n) is 9.96. The van der Waals surface area contributed by atoms with Crippen LogP contribution >= 0.6 is 11.8 Å². The largest absolute Gasteiger partial charge is 0.488 e. The van der Waals surface area contributed by atoms with Crippen LogP contribution < -0.4 is 4.74 Å². The van der Waals surface area contributed by atoms with Crippen LogP contribution in [0.3, 0.4) is 0 Å². The van der Waals surface area contributed by atoms with Crippen LogP contribution in [0.5, 0.6) is 5.75 Å². The normalized spacial score (nSPS) is 14.4. The smallest absolute Gasteiger partial charge is 0.127 e. The van der Waals surface area contributed by atoms with Crippen molar-refractivity contribution in [3.63, 3.8) is 0 Å². The topological polar surface area (TPSA) is 9.23 Å². The van der Waals surface area contributed by atoms with Gasteiger partial charge in [-0.25, -0.2) is 0 Å². The van der Waals surface area contributed by atoms with Gasteiger partial charge in [-0.15, -0.1) is 0 Å². The Balaban J connectivity index is 2.53.